The van der Waals surface area contributed by atoms with Gasteiger partial charge in [0.15, 0.2) is 0 Å². The van der Waals surface area contributed by atoms with Crippen LogP contribution in [0.5, 0.6) is 0 Å². The van der Waals surface area contributed by atoms with Crippen LogP contribution in [0.3, 0.4) is 0 Å². The highest BCUT2D eigenvalue weighted by molar-refractivity contribution is 6.20. The van der Waals surface area contributed by atoms with Crippen molar-refractivity contribution in [3.63, 3.8) is 0 Å². The molecular formula is C28H37NO4. The number of hydrogen-bond acceptors (Lipinski definition) is 4. The van der Waals surface area contributed by atoms with Gasteiger partial charge in [-0.1, -0.05) is 48.9 Å². The molecule has 0 bridgehead atoms. The summed E-state index contributed by atoms with van der Waals surface area (Å²) in [5.74, 6) is 0.688. The van der Waals surface area contributed by atoms with E-state index in [1.165, 1.54) is 0 Å². The lowest BCUT2D eigenvalue weighted by atomic mass is 9.83. The first-order chi connectivity index (χ1) is 15.9. The molecule has 1 aliphatic heterocycles. The summed E-state index contributed by atoms with van der Waals surface area (Å²) in [4.78, 5) is 15.4. The first kappa shape index (κ1) is 25.0. The number of amides is 1. The Bertz CT molecular complexity index is 930. The van der Waals surface area contributed by atoms with E-state index in [0.29, 0.717) is 25.1 Å². The van der Waals surface area contributed by atoms with Gasteiger partial charge in [-0.3, -0.25) is 4.79 Å². The van der Waals surface area contributed by atoms with Crippen LogP contribution < -0.4 is 0 Å². The number of rotatable bonds is 12. The van der Waals surface area contributed by atoms with Crippen molar-refractivity contribution in [1.82, 2.24) is 4.90 Å². The maximum atomic E-state index is 13.5. The topological polar surface area (TPSA) is 70.0 Å². The monoisotopic (exact) mass is 451 g/mol. The molecule has 33 heavy (non-hydrogen) atoms. The van der Waals surface area contributed by atoms with E-state index in [0.717, 1.165) is 41.5 Å². The van der Waals surface area contributed by atoms with Gasteiger partial charge in [0.25, 0.3) is 5.91 Å². The minimum atomic E-state index is -0.535. The summed E-state index contributed by atoms with van der Waals surface area (Å²) in [7, 11) is 0. The normalized spacial score (nSPS) is 20.7. The quantitative estimate of drug-likeness (QED) is 0.462. The first-order valence-electron chi connectivity index (χ1n) is 12.0. The van der Waals surface area contributed by atoms with Gasteiger partial charge in [0.1, 0.15) is 12.4 Å². The lowest BCUT2D eigenvalue weighted by Gasteiger charge is -2.39. The molecule has 3 rings (SSSR count). The Morgan fingerprint density at radius 1 is 1.24 bits per heavy atom. The molecule has 178 valence electrons. The number of carbonyl (C=O) groups is 1. The van der Waals surface area contributed by atoms with Gasteiger partial charge in [0.05, 0.1) is 12.1 Å². The molecule has 1 aliphatic carbocycles. The van der Waals surface area contributed by atoms with Crippen molar-refractivity contribution >= 4 is 11.5 Å². The molecule has 3 atom stereocenters. The number of benzene rings is 1. The standard InChI is InChI=1S/C28H37NO4/c1-4-21-10-5-6-12-25(21)26-17-22-13-14-24(33-19-23(31)11-7-9-20(2)3)18-27(22)29(28(26)32)15-8-16-30/h5-6,10,12-14,17-18,22-23,27,30-31H,2,4,7-9,11,15-16,19H2,1,3H3. The molecule has 2 aliphatic rings. The van der Waals surface area contributed by atoms with E-state index in [2.05, 4.69) is 31.7 Å². The molecule has 1 aromatic rings. The molecule has 1 aromatic carbocycles. The lowest BCUT2D eigenvalue weighted by Crippen LogP contribution is -2.48. The predicted octanol–water partition coefficient (Wildman–Crippen LogP) is 4.42. The van der Waals surface area contributed by atoms with Crippen LogP contribution in [0.1, 0.15) is 50.7 Å². The fourth-order valence-electron chi connectivity index (χ4n) is 4.46. The van der Waals surface area contributed by atoms with Gasteiger partial charge in [-0.15, -0.1) is 6.58 Å². The summed E-state index contributed by atoms with van der Waals surface area (Å²) in [6.07, 6.45) is 11.3. The Hall–Kier alpha value is -2.63. The number of fused-ring (bicyclic) bond motifs is 1. The number of aliphatic hydroxyl groups excluding tert-OH is 2. The van der Waals surface area contributed by atoms with E-state index in [-0.39, 0.29) is 31.1 Å². The minimum Gasteiger partial charge on any atom is -0.491 e. The summed E-state index contributed by atoms with van der Waals surface area (Å²) < 4.78 is 5.88. The van der Waals surface area contributed by atoms with Crippen LogP contribution in [0.25, 0.3) is 5.57 Å². The molecular weight excluding hydrogens is 414 g/mol. The molecule has 0 aromatic heterocycles. The summed E-state index contributed by atoms with van der Waals surface area (Å²) in [6, 6.07) is 7.89. The molecule has 3 unspecified atom stereocenters. The van der Waals surface area contributed by atoms with Crippen LogP contribution in [0.2, 0.25) is 0 Å². The third-order valence-corrected chi connectivity index (χ3v) is 6.25. The van der Waals surface area contributed by atoms with Crippen LogP contribution >= 0.6 is 0 Å². The Balaban J connectivity index is 1.77. The molecule has 2 N–H and O–H groups in total. The maximum absolute atomic E-state index is 13.5. The Labute approximate surface area is 197 Å². The average Bonchev–Trinajstić information content (AvgIpc) is 2.81. The number of aliphatic hydroxyl groups is 2. The zero-order valence-corrected chi connectivity index (χ0v) is 19.9. The minimum absolute atomic E-state index is 0.0173. The Morgan fingerprint density at radius 3 is 2.76 bits per heavy atom. The number of carbonyl (C=O) groups excluding carboxylic acids is 1. The molecule has 5 heteroatoms. The molecule has 0 saturated carbocycles. The highest BCUT2D eigenvalue weighted by atomic mass is 16.5. The van der Waals surface area contributed by atoms with Crippen molar-refractivity contribution in [3.05, 3.63) is 77.6 Å². The van der Waals surface area contributed by atoms with Crippen LogP contribution in [0.4, 0.5) is 0 Å². The summed E-state index contributed by atoms with van der Waals surface area (Å²) in [5, 5.41) is 19.6. The summed E-state index contributed by atoms with van der Waals surface area (Å²) in [5.41, 5.74) is 3.97. The van der Waals surface area contributed by atoms with Gasteiger partial charge in [-0.05, 0) is 62.3 Å². The van der Waals surface area contributed by atoms with Crippen molar-refractivity contribution < 1.29 is 19.7 Å². The smallest absolute Gasteiger partial charge is 0.254 e. The number of ether oxygens (including phenoxy) is 1. The van der Waals surface area contributed by atoms with Crippen LogP contribution in [0, 0.1) is 5.92 Å². The van der Waals surface area contributed by atoms with Crippen LogP contribution in [0.15, 0.2) is 66.5 Å². The van der Waals surface area contributed by atoms with Gasteiger partial charge >= 0.3 is 0 Å². The first-order valence-corrected chi connectivity index (χ1v) is 12.0. The number of aryl methyl sites for hydroxylation is 1. The zero-order valence-electron chi connectivity index (χ0n) is 19.9. The molecule has 0 fully saturated rings. The van der Waals surface area contributed by atoms with Crippen molar-refractivity contribution in [2.75, 3.05) is 19.8 Å². The third kappa shape index (κ3) is 6.46. The molecule has 0 saturated heterocycles. The number of hydrogen-bond donors (Lipinski definition) is 2. The van der Waals surface area contributed by atoms with E-state index < -0.39 is 6.10 Å². The number of nitrogens with zero attached hydrogens (tertiary/aromatic N) is 1. The fraction of sp³-hybridized carbons (Fsp3) is 0.464. The van der Waals surface area contributed by atoms with E-state index in [1.54, 1.807) is 0 Å². The molecule has 0 spiro atoms. The van der Waals surface area contributed by atoms with Crippen LogP contribution in [-0.2, 0) is 16.0 Å². The third-order valence-electron chi connectivity index (χ3n) is 6.25. The Kier molecular flexibility index (Phi) is 9.10. The second-order valence-electron chi connectivity index (χ2n) is 8.98. The van der Waals surface area contributed by atoms with Crippen molar-refractivity contribution in [2.24, 2.45) is 5.92 Å². The van der Waals surface area contributed by atoms with E-state index in [4.69, 9.17) is 4.74 Å². The predicted molar refractivity (Wildman–Crippen MR) is 132 cm³/mol. The molecule has 1 heterocycles. The highest BCUT2D eigenvalue weighted by Crippen LogP contribution is 2.35. The van der Waals surface area contributed by atoms with Crippen molar-refractivity contribution in [2.45, 2.75) is 58.1 Å². The molecule has 1 amide bonds. The second kappa shape index (κ2) is 12.0. The maximum Gasteiger partial charge on any atom is 0.254 e. The van der Waals surface area contributed by atoms with Gasteiger partial charge in [-0.25, -0.2) is 0 Å². The van der Waals surface area contributed by atoms with E-state index >= 15 is 0 Å². The molecule has 5 nitrogen and oxygen atoms in total. The lowest BCUT2D eigenvalue weighted by molar-refractivity contribution is -0.127. The SMILES string of the molecule is C=C(C)CCCC(O)COC1=CC2C(C=C1)C=C(c1ccccc1CC)C(=O)N2CCCO. The highest BCUT2D eigenvalue weighted by Gasteiger charge is 2.36. The summed E-state index contributed by atoms with van der Waals surface area (Å²) >= 11 is 0. The van der Waals surface area contributed by atoms with Gasteiger partial charge in [0.2, 0.25) is 0 Å². The zero-order chi connectivity index (χ0) is 23.8. The van der Waals surface area contributed by atoms with E-state index in [1.807, 2.05) is 42.2 Å². The molecule has 0 radical (unpaired) electrons. The van der Waals surface area contributed by atoms with Gasteiger partial charge < -0.3 is 19.8 Å². The van der Waals surface area contributed by atoms with Crippen LogP contribution in [-0.4, -0.2) is 52.9 Å². The largest absolute Gasteiger partial charge is 0.491 e. The Morgan fingerprint density at radius 2 is 2.03 bits per heavy atom. The van der Waals surface area contributed by atoms with E-state index in [9.17, 15) is 15.0 Å². The van der Waals surface area contributed by atoms with Gasteiger partial charge in [0, 0.05) is 24.6 Å². The summed E-state index contributed by atoms with van der Waals surface area (Å²) in [6.45, 7) is 8.71. The van der Waals surface area contributed by atoms with Crippen molar-refractivity contribution in [3.8, 4) is 0 Å². The van der Waals surface area contributed by atoms with Gasteiger partial charge in [-0.2, -0.15) is 0 Å². The second-order valence-corrected chi connectivity index (χ2v) is 8.98. The number of allylic oxidation sites excluding steroid dienone is 2. The fourth-order valence-corrected chi connectivity index (χ4v) is 4.46. The van der Waals surface area contributed by atoms with Crippen molar-refractivity contribution in [1.29, 1.82) is 0 Å². The average molecular weight is 452 g/mol.